The highest BCUT2D eigenvalue weighted by Crippen LogP contribution is 2.24. The minimum absolute atomic E-state index is 0.00351. The number of likely N-dealkylation sites (tertiary alicyclic amines) is 1. The van der Waals surface area contributed by atoms with Gasteiger partial charge in [0.05, 0.1) is 26.1 Å². The number of piperidine rings is 1. The van der Waals surface area contributed by atoms with Gasteiger partial charge in [-0.05, 0) is 107 Å². The quantitative estimate of drug-likeness (QED) is 0.176. The fourth-order valence-corrected chi connectivity index (χ4v) is 12.2. The van der Waals surface area contributed by atoms with Crippen LogP contribution < -0.4 is 21.3 Å². The van der Waals surface area contributed by atoms with Crippen LogP contribution in [0.5, 0.6) is 0 Å². The first-order valence-corrected chi connectivity index (χ1v) is 34.5. The Kier molecular flexibility index (Phi) is 30.0. The Labute approximate surface area is 580 Å². The maximum atomic E-state index is 15.3. The molecular weight excluding hydrogens is 1250 g/mol. The Bertz CT molecular complexity index is 3280. The number of carbonyl (C=O) groups excluding carboxylic acids is 12. The third kappa shape index (κ3) is 22.4. The predicted octanol–water partition coefficient (Wildman–Crippen LogP) is 4.31. The normalized spacial score (nSPS) is 23.4. The SMILES string of the molecule is CC[C@H](C)[C@@H]1NC(=O)[C@H](CC(C)C)N(C)C(=O)C[C@@H](C(=O)N2CCCCC2)N(C)C(=O)[C@H](CC(C)C)NC(=O)C(C)(C)N(C)C(=O)[C@H](CCc2ccccc2)NC(=O)[C@H](Cc2cccc(C)c2)NC(=O)CN(C)C(=O)[C@H](Cc2ccc(C)cc2)N(C)C(=O)CN(C)C(=O)CN(C)C1=O. The van der Waals surface area contributed by atoms with E-state index in [9.17, 15) is 38.4 Å². The van der Waals surface area contributed by atoms with Crippen LogP contribution in [0, 0.1) is 31.6 Å². The van der Waals surface area contributed by atoms with Crippen molar-refractivity contribution < 1.29 is 57.5 Å². The minimum Gasteiger partial charge on any atom is -0.342 e. The van der Waals surface area contributed by atoms with Crippen LogP contribution in [0.1, 0.15) is 135 Å². The monoisotopic (exact) mass is 1360 g/mol. The van der Waals surface area contributed by atoms with E-state index in [0.717, 1.165) is 37.8 Å². The number of hydrogen-bond donors (Lipinski definition) is 4. The number of nitrogens with zero attached hydrogens (tertiary/aromatic N) is 8. The molecule has 2 fully saturated rings. The molecule has 8 atom stereocenters. The van der Waals surface area contributed by atoms with E-state index in [0.29, 0.717) is 49.9 Å². The van der Waals surface area contributed by atoms with Crippen molar-refractivity contribution in [3.63, 3.8) is 0 Å². The lowest BCUT2D eigenvalue weighted by Crippen LogP contribution is -2.63. The zero-order valence-corrected chi connectivity index (χ0v) is 61.1. The largest absolute Gasteiger partial charge is 0.342 e. The fraction of sp³-hybridized carbons (Fsp3) is 0.595. The second-order valence-corrected chi connectivity index (χ2v) is 28.4. The smallest absolute Gasteiger partial charge is 0.246 e. The summed E-state index contributed by atoms with van der Waals surface area (Å²) >= 11 is 0. The Morgan fingerprint density at radius 3 is 1.71 bits per heavy atom. The van der Waals surface area contributed by atoms with Crippen LogP contribution in [0.4, 0.5) is 0 Å². The number of nitrogens with one attached hydrogen (secondary N) is 4. The first-order valence-electron chi connectivity index (χ1n) is 34.5. The molecule has 98 heavy (non-hydrogen) atoms. The van der Waals surface area contributed by atoms with Gasteiger partial charge in [-0.15, -0.1) is 0 Å². The molecule has 24 nitrogen and oxygen atoms in total. The van der Waals surface area contributed by atoms with Gasteiger partial charge in [-0.1, -0.05) is 138 Å². The van der Waals surface area contributed by atoms with Gasteiger partial charge in [-0.3, -0.25) is 57.5 Å². The van der Waals surface area contributed by atoms with Gasteiger partial charge in [0.2, 0.25) is 70.9 Å². The molecule has 2 saturated heterocycles. The van der Waals surface area contributed by atoms with E-state index in [-0.39, 0.29) is 43.9 Å². The third-order valence-electron chi connectivity index (χ3n) is 19.2. The first kappa shape index (κ1) is 80.0. The molecule has 3 aromatic rings. The number of amides is 12. The summed E-state index contributed by atoms with van der Waals surface area (Å²) in [7, 11) is 9.86. The molecule has 2 aliphatic rings. The fourth-order valence-electron chi connectivity index (χ4n) is 12.2. The number of hydrogen-bond acceptors (Lipinski definition) is 12. The van der Waals surface area contributed by atoms with E-state index in [1.54, 1.807) is 17.9 Å². The first-order chi connectivity index (χ1) is 46.1. The summed E-state index contributed by atoms with van der Waals surface area (Å²) in [5, 5.41) is 11.6. The van der Waals surface area contributed by atoms with Gasteiger partial charge in [-0.2, -0.15) is 0 Å². The van der Waals surface area contributed by atoms with Crippen LogP contribution in [0.2, 0.25) is 0 Å². The zero-order chi connectivity index (χ0) is 73.0. The Balaban J connectivity index is 1.64. The van der Waals surface area contributed by atoms with Crippen molar-refractivity contribution in [3.05, 3.63) is 107 Å². The topological polar surface area (TPSA) is 279 Å². The Hall–Kier alpha value is -8.70. The average Bonchev–Trinajstić information content (AvgIpc) is 0.814. The van der Waals surface area contributed by atoms with Crippen molar-refractivity contribution in [2.75, 3.05) is 82.1 Å². The Morgan fingerprint density at radius 2 is 1.11 bits per heavy atom. The lowest BCUT2D eigenvalue weighted by molar-refractivity contribution is -0.152. The van der Waals surface area contributed by atoms with Crippen molar-refractivity contribution in [2.24, 2.45) is 17.8 Å². The lowest BCUT2D eigenvalue weighted by Gasteiger charge is -2.39. The van der Waals surface area contributed by atoms with E-state index in [4.69, 9.17) is 0 Å². The highest BCUT2D eigenvalue weighted by atomic mass is 16.2. The molecule has 2 heterocycles. The minimum atomic E-state index is -1.73. The maximum Gasteiger partial charge on any atom is 0.246 e. The van der Waals surface area contributed by atoms with Gasteiger partial charge in [0.25, 0.3) is 0 Å². The van der Waals surface area contributed by atoms with Crippen LogP contribution in [0.15, 0.2) is 78.9 Å². The molecule has 5 rings (SSSR count). The number of carbonyl (C=O) groups is 12. The van der Waals surface area contributed by atoms with Crippen LogP contribution >= 0.6 is 0 Å². The van der Waals surface area contributed by atoms with Crippen molar-refractivity contribution in [1.82, 2.24) is 60.5 Å². The van der Waals surface area contributed by atoms with E-state index in [1.807, 2.05) is 121 Å². The molecule has 0 radical (unpaired) electrons. The molecule has 538 valence electrons. The molecule has 2 aliphatic heterocycles. The zero-order valence-electron chi connectivity index (χ0n) is 61.1. The molecule has 3 aromatic carbocycles. The highest BCUT2D eigenvalue weighted by molar-refractivity contribution is 6.00. The molecule has 4 N–H and O–H groups in total. The van der Waals surface area contributed by atoms with E-state index < -0.39 is 151 Å². The van der Waals surface area contributed by atoms with Crippen molar-refractivity contribution in [2.45, 2.75) is 188 Å². The Morgan fingerprint density at radius 1 is 0.520 bits per heavy atom. The van der Waals surface area contributed by atoms with E-state index in [1.165, 1.54) is 82.8 Å². The summed E-state index contributed by atoms with van der Waals surface area (Å²) in [6.45, 7) is 17.0. The van der Waals surface area contributed by atoms with Gasteiger partial charge in [0.15, 0.2) is 0 Å². The molecule has 0 spiro atoms. The van der Waals surface area contributed by atoms with Crippen LogP contribution in [-0.4, -0.2) is 240 Å². The summed E-state index contributed by atoms with van der Waals surface area (Å²) in [6, 6.07) is 15.0. The second kappa shape index (κ2) is 36.8. The third-order valence-corrected chi connectivity index (χ3v) is 19.2. The summed E-state index contributed by atoms with van der Waals surface area (Å²) in [5.74, 6) is -8.85. The predicted molar refractivity (Wildman–Crippen MR) is 375 cm³/mol. The molecule has 0 saturated carbocycles. The lowest BCUT2D eigenvalue weighted by atomic mass is 9.95. The average molecular weight is 1360 g/mol. The number of benzene rings is 3. The molecule has 0 bridgehead atoms. The van der Waals surface area contributed by atoms with Crippen molar-refractivity contribution in [1.29, 1.82) is 0 Å². The summed E-state index contributed by atoms with van der Waals surface area (Å²) in [6.07, 6.45) is 2.61. The molecule has 24 heteroatoms. The molecule has 0 unspecified atom stereocenters. The van der Waals surface area contributed by atoms with Crippen LogP contribution in [0.3, 0.4) is 0 Å². The molecule has 0 aromatic heterocycles. The standard InChI is InChI=1S/C74H110N12O12/c1-18-51(8)65-72(97)81(13)45-63(89)79(11)46-64(90)83(15)59(42-53-32-30-49(6)31-33-53)70(95)80(12)44-61(87)75-56(41-54-29-25-26-50(7)40-54)66(91)76-55(35-34-52-27-21-19-22-28-52)69(94)85(17)74(9,10)73(98)77-57(38-47(2)3)68(93)84(16)60(71(96)86-36-23-20-24-37-86)43-62(88)82(14)58(39-48(4)5)67(92)78-65/h19,21-22,25-33,40,47-48,51,55-60,65H,18,20,23-24,34-39,41-46H2,1-17H3,(H,75,87)(H,76,91)(H,77,98)(H,78,92)/t51-,55-,56-,57-,58-,59-,60-,65-/m0/s1. The maximum absolute atomic E-state index is 15.3. The van der Waals surface area contributed by atoms with Gasteiger partial charge in [0.1, 0.15) is 47.8 Å². The highest BCUT2D eigenvalue weighted by Gasteiger charge is 2.44. The number of rotatable bonds is 14. The summed E-state index contributed by atoms with van der Waals surface area (Å²) in [4.78, 5) is 187. The molecule has 0 aliphatic carbocycles. The van der Waals surface area contributed by atoms with E-state index >= 15 is 19.2 Å². The van der Waals surface area contributed by atoms with Gasteiger partial charge in [-0.25, -0.2) is 0 Å². The van der Waals surface area contributed by atoms with Crippen molar-refractivity contribution >= 4 is 70.9 Å². The number of likely N-dealkylation sites (N-methyl/N-ethyl adjacent to an activating group) is 7. The van der Waals surface area contributed by atoms with Crippen LogP contribution in [0.25, 0.3) is 0 Å². The van der Waals surface area contributed by atoms with Crippen molar-refractivity contribution in [3.8, 4) is 0 Å². The summed E-state index contributed by atoms with van der Waals surface area (Å²) < 4.78 is 0. The second-order valence-electron chi connectivity index (χ2n) is 28.4. The van der Waals surface area contributed by atoms with Gasteiger partial charge in [0, 0.05) is 75.3 Å². The van der Waals surface area contributed by atoms with E-state index in [2.05, 4.69) is 21.3 Å². The molecule has 12 amide bonds. The van der Waals surface area contributed by atoms with Gasteiger partial charge < -0.3 is 60.5 Å². The van der Waals surface area contributed by atoms with Gasteiger partial charge >= 0.3 is 0 Å². The summed E-state index contributed by atoms with van der Waals surface area (Å²) in [5.41, 5.74) is 2.30. The van der Waals surface area contributed by atoms with Crippen LogP contribution in [-0.2, 0) is 76.8 Å². The number of aryl methyl sites for hydroxylation is 3. The molecular formula is C74H110N12O12.